The fraction of sp³-hybridized carbons (Fsp3) is 0.571. The molecule has 0 radical (unpaired) electrons. The Hall–Kier alpha value is -0.890. The molecule has 0 saturated carbocycles. The van der Waals surface area contributed by atoms with Gasteiger partial charge in [0.05, 0.1) is 0 Å². The number of halogens is 1. The molecule has 1 nitrogen and oxygen atoms in total. The van der Waals surface area contributed by atoms with Crippen LogP contribution in [-0.4, -0.2) is 6.54 Å². The highest BCUT2D eigenvalue weighted by Crippen LogP contribution is 2.16. The summed E-state index contributed by atoms with van der Waals surface area (Å²) in [5.41, 5.74) is 0.757. The summed E-state index contributed by atoms with van der Waals surface area (Å²) >= 11 is 0. The van der Waals surface area contributed by atoms with Crippen molar-refractivity contribution in [2.45, 2.75) is 39.7 Å². The van der Waals surface area contributed by atoms with Crippen molar-refractivity contribution in [3.05, 3.63) is 35.6 Å². The number of hydrogen-bond donors (Lipinski definition) is 1. The second-order valence-electron chi connectivity index (χ2n) is 4.73. The average molecular weight is 223 g/mol. The van der Waals surface area contributed by atoms with Gasteiger partial charge in [0.25, 0.3) is 0 Å². The molecule has 1 atom stereocenters. The molecule has 0 spiro atoms. The molecule has 0 fully saturated rings. The first-order valence-electron chi connectivity index (χ1n) is 6.09. The molecule has 2 heteroatoms. The van der Waals surface area contributed by atoms with Crippen LogP contribution in [0, 0.1) is 11.7 Å². The molecule has 0 aliphatic heterocycles. The zero-order chi connectivity index (χ0) is 12.0. The molecule has 0 aliphatic carbocycles. The van der Waals surface area contributed by atoms with Crippen molar-refractivity contribution in [3.63, 3.8) is 0 Å². The maximum Gasteiger partial charge on any atom is 0.127 e. The van der Waals surface area contributed by atoms with E-state index in [2.05, 4.69) is 19.2 Å². The minimum atomic E-state index is -0.119. The van der Waals surface area contributed by atoms with Crippen LogP contribution in [0.3, 0.4) is 0 Å². The van der Waals surface area contributed by atoms with Crippen molar-refractivity contribution in [3.8, 4) is 0 Å². The first-order chi connectivity index (χ1) is 7.61. The van der Waals surface area contributed by atoms with Crippen molar-refractivity contribution < 1.29 is 4.39 Å². The third-order valence-corrected chi connectivity index (χ3v) is 2.78. The molecule has 0 saturated heterocycles. The van der Waals surface area contributed by atoms with E-state index in [1.54, 1.807) is 6.07 Å². The topological polar surface area (TPSA) is 12.0 Å². The number of nitrogens with one attached hydrogen (secondary N) is 1. The van der Waals surface area contributed by atoms with Crippen molar-refractivity contribution in [1.82, 2.24) is 5.32 Å². The van der Waals surface area contributed by atoms with Crippen molar-refractivity contribution in [2.75, 3.05) is 6.54 Å². The second-order valence-corrected chi connectivity index (χ2v) is 4.73. The predicted molar refractivity (Wildman–Crippen MR) is 66.9 cm³/mol. The van der Waals surface area contributed by atoms with Gasteiger partial charge >= 0.3 is 0 Å². The number of rotatable bonds is 6. The molecule has 1 aromatic rings. The van der Waals surface area contributed by atoms with Crippen LogP contribution in [0.5, 0.6) is 0 Å². The molecule has 0 aromatic heterocycles. The van der Waals surface area contributed by atoms with Gasteiger partial charge in [-0.2, -0.15) is 0 Å². The van der Waals surface area contributed by atoms with Crippen molar-refractivity contribution >= 4 is 0 Å². The summed E-state index contributed by atoms with van der Waals surface area (Å²) in [5, 5.41) is 3.36. The largest absolute Gasteiger partial charge is 0.310 e. The normalized spacial score (nSPS) is 13.1. The molecule has 0 bridgehead atoms. The van der Waals surface area contributed by atoms with Gasteiger partial charge in [0.15, 0.2) is 0 Å². The van der Waals surface area contributed by atoms with E-state index in [1.807, 2.05) is 19.1 Å². The summed E-state index contributed by atoms with van der Waals surface area (Å²) in [7, 11) is 0. The fourth-order valence-electron chi connectivity index (χ4n) is 1.77. The maximum absolute atomic E-state index is 13.4. The minimum Gasteiger partial charge on any atom is -0.310 e. The third kappa shape index (κ3) is 4.31. The zero-order valence-corrected chi connectivity index (χ0v) is 10.5. The molecule has 1 rings (SSSR count). The molecule has 0 amide bonds. The van der Waals surface area contributed by atoms with E-state index < -0.39 is 0 Å². The van der Waals surface area contributed by atoms with E-state index in [0.29, 0.717) is 0 Å². The fourth-order valence-corrected chi connectivity index (χ4v) is 1.77. The summed E-state index contributed by atoms with van der Waals surface area (Å²) in [4.78, 5) is 0. The van der Waals surface area contributed by atoms with Crippen LogP contribution in [-0.2, 0) is 0 Å². The molecule has 16 heavy (non-hydrogen) atoms. The van der Waals surface area contributed by atoms with Crippen LogP contribution >= 0.6 is 0 Å². The molecule has 0 heterocycles. The summed E-state index contributed by atoms with van der Waals surface area (Å²) in [6.45, 7) is 7.40. The molecule has 0 aliphatic rings. The van der Waals surface area contributed by atoms with Gasteiger partial charge < -0.3 is 5.32 Å². The van der Waals surface area contributed by atoms with Gasteiger partial charge in [-0.15, -0.1) is 0 Å². The SMILES string of the molecule is CC(C)CCCN[C@H](C)c1ccccc1F. The van der Waals surface area contributed by atoms with E-state index in [4.69, 9.17) is 0 Å². The Bertz CT molecular complexity index is 309. The van der Waals surface area contributed by atoms with Crippen LogP contribution in [0.25, 0.3) is 0 Å². The van der Waals surface area contributed by atoms with Crippen LogP contribution < -0.4 is 5.32 Å². The van der Waals surface area contributed by atoms with Gasteiger partial charge in [-0.1, -0.05) is 32.0 Å². The van der Waals surface area contributed by atoms with E-state index in [-0.39, 0.29) is 11.9 Å². The monoisotopic (exact) mass is 223 g/mol. The van der Waals surface area contributed by atoms with Gasteiger partial charge in [-0.25, -0.2) is 4.39 Å². The summed E-state index contributed by atoms with van der Waals surface area (Å²) < 4.78 is 13.4. The van der Waals surface area contributed by atoms with Gasteiger partial charge in [0, 0.05) is 11.6 Å². The number of hydrogen-bond acceptors (Lipinski definition) is 1. The van der Waals surface area contributed by atoms with Crippen molar-refractivity contribution in [1.29, 1.82) is 0 Å². The van der Waals surface area contributed by atoms with Crippen LogP contribution in [0.2, 0.25) is 0 Å². The lowest BCUT2D eigenvalue weighted by molar-refractivity contribution is 0.484. The van der Waals surface area contributed by atoms with E-state index in [9.17, 15) is 4.39 Å². The molecule has 1 N–H and O–H groups in total. The smallest absolute Gasteiger partial charge is 0.127 e. The standard InChI is InChI=1S/C14H22FN/c1-11(2)7-6-10-16-12(3)13-8-4-5-9-14(13)15/h4-5,8-9,11-12,16H,6-7,10H2,1-3H3/t12-/m1/s1. The highest BCUT2D eigenvalue weighted by molar-refractivity contribution is 5.20. The van der Waals surface area contributed by atoms with Crippen LogP contribution in [0.15, 0.2) is 24.3 Å². The van der Waals surface area contributed by atoms with Crippen LogP contribution in [0.1, 0.15) is 45.2 Å². The second kappa shape index (κ2) is 6.64. The Morgan fingerprint density at radius 3 is 2.50 bits per heavy atom. The Kier molecular flexibility index (Phi) is 5.47. The maximum atomic E-state index is 13.4. The summed E-state index contributed by atoms with van der Waals surface area (Å²) in [6.07, 6.45) is 2.37. The lowest BCUT2D eigenvalue weighted by Crippen LogP contribution is -2.21. The average Bonchev–Trinajstić information content (AvgIpc) is 2.24. The molecule has 0 unspecified atom stereocenters. The predicted octanol–water partition coefficient (Wildman–Crippen LogP) is 3.91. The van der Waals surface area contributed by atoms with E-state index in [0.717, 1.165) is 24.4 Å². The molecular weight excluding hydrogens is 201 g/mol. The summed E-state index contributed by atoms with van der Waals surface area (Å²) in [6, 6.07) is 7.06. The van der Waals surface area contributed by atoms with Gasteiger partial charge in [0.1, 0.15) is 5.82 Å². The first-order valence-corrected chi connectivity index (χ1v) is 6.09. The van der Waals surface area contributed by atoms with Gasteiger partial charge in [-0.05, 0) is 38.3 Å². The zero-order valence-electron chi connectivity index (χ0n) is 10.5. The Morgan fingerprint density at radius 2 is 1.88 bits per heavy atom. The lowest BCUT2D eigenvalue weighted by atomic mass is 10.1. The Labute approximate surface area is 98.1 Å². The highest BCUT2D eigenvalue weighted by atomic mass is 19.1. The first kappa shape index (κ1) is 13.2. The van der Waals surface area contributed by atoms with E-state index >= 15 is 0 Å². The summed E-state index contributed by atoms with van der Waals surface area (Å²) in [5.74, 6) is 0.622. The quantitative estimate of drug-likeness (QED) is 0.721. The minimum absolute atomic E-state index is 0.0911. The number of benzene rings is 1. The molecule has 1 aromatic carbocycles. The van der Waals surface area contributed by atoms with E-state index in [1.165, 1.54) is 12.5 Å². The van der Waals surface area contributed by atoms with Crippen molar-refractivity contribution in [2.24, 2.45) is 5.92 Å². The Balaban J connectivity index is 2.35. The van der Waals surface area contributed by atoms with Gasteiger partial charge in [0.2, 0.25) is 0 Å². The van der Waals surface area contributed by atoms with Crippen LogP contribution in [0.4, 0.5) is 4.39 Å². The Morgan fingerprint density at radius 1 is 1.19 bits per heavy atom. The molecular formula is C14H22FN. The lowest BCUT2D eigenvalue weighted by Gasteiger charge is -2.15. The molecule has 90 valence electrons. The third-order valence-electron chi connectivity index (χ3n) is 2.78. The highest BCUT2D eigenvalue weighted by Gasteiger charge is 2.08. The van der Waals surface area contributed by atoms with Gasteiger partial charge in [-0.3, -0.25) is 0 Å².